The molecule has 0 radical (unpaired) electrons. The summed E-state index contributed by atoms with van der Waals surface area (Å²) < 4.78 is 16.0. The number of carbonyl (C=O) groups excluding carboxylic acids is 1. The fourth-order valence-corrected chi connectivity index (χ4v) is 4.70. The molecule has 28 heavy (non-hydrogen) atoms. The normalized spacial score (nSPS) is 24.6. The van der Waals surface area contributed by atoms with E-state index in [0.29, 0.717) is 12.5 Å². The molecule has 8 heteroatoms. The number of amides is 2. The van der Waals surface area contributed by atoms with Crippen molar-refractivity contribution < 1.29 is 9.18 Å². The van der Waals surface area contributed by atoms with Crippen molar-refractivity contribution in [1.82, 2.24) is 29.5 Å². The number of aromatic nitrogens is 3. The second-order valence-electron chi connectivity index (χ2n) is 7.98. The van der Waals surface area contributed by atoms with E-state index >= 15 is 0 Å². The number of likely N-dealkylation sites (tertiary alicyclic amines) is 2. The maximum absolute atomic E-state index is 13.9. The van der Waals surface area contributed by atoms with Crippen LogP contribution < -0.4 is 0 Å². The van der Waals surface area contributed by atoms with Gasteiger partial charge in [0.15, 0.2) is 0 Å². The molecule has 2 saturated heterocycles. The lowest BCUT2D eigenvalue weighted by molar-refractivity contribution is 0.151. The molecular formula is C20H27FN6O. The Hall–Kier alpha value is -2.48. The lowest BCUT2D eigenvalue weighted by Crippen LogP contribution is -2.41. The molecule has 1 aromatic carbocycles. The highest BCUT2D eigenvalue weighted by Gasteiger charge is 2.49. The van der Waals surface area contributed by atoms with Gasteiger partial charge in [-0.3, -0.25) is 4.90 Å². The second kappa shape index (κ2) is 7.50. The van der Waals surface area contributed by atoms with Gasteiger partial charge in [0.2, 0.25) is 0 Å². The van der Waals surface area contributed by atoms with Crippen LogP contribution in [0.25, 0.3) is 0 Å². The van der Waals surface area contributed by atoms with Crippen LogP contribution in [0.2, 0.25) is 0 Å². The predicted molar refractivity (Wildman–Crippen MR) is 103 cm³/mol. The summed E-state index contributed by atoms with van der Waals surface area (Å²) in [5, 5.41) is 8.27. The third-order valence-corrected chi connectivity index (χ3v) is 5.96. The third kappa shape index (κ3) is 3.37. The molecule has 4 rings (SSSR count). The summed E-state index contributed by atoms with van der Waals surface area (Å²) >= 11 is 0. The number of nitrogens with zero attached hydrogens (tertiary/aromatic N) is 6. The quantitative estimate of drug-likeness (QED) is 0.809. The molecule has 2 fully saturated rings. The van der Waals surface area contributed by atoms with Gasteiger partial charge >= 0.3 is 6.03 Å². The van der Waals surface area contributed by atoms with Crippen molar-refractivity contribution in [3.63, 3.8) is 0 Å². The minimum Gasteiger partial charge on any atom is -0.331 e. The van der Waals surface area contributed by atoms with Crippen LogP contribution >= 0.6 is 0 Å². The zero-order valence-corrected chi connectivity index (χ0v) is 16.6. The first-order chi connectivity index (χ1) is 13.5. The van der Waals surface area contributed by atoms with Crippen molar-refractivity contribution in [3.8, 4) is 0 Å². The Balaban J connectivity index is 1.57. The van der Waals surface area contributed by atoms with Crippen LogP contribution in [0.5, 0.6) is 0 Å². The Kier molecular flexibility index (Phi) is 5.05. The number of halogens is 1. The van der Waals surface area contributed by atoms with Crippen molar-refractivity contribution in [2.75, 3.05) is 33.7 Å². The lowest BCUT2D eigenvalue weighted by atomic mass is 9.89. The summed E-state index contributed by atoms with van der Waals surface area (Å²) in [5.41, 5.74) is 0.876. The summed E-state index contributed by atoms with van der Waals surface area (Å²) in [4.78, 5) is 18.7. The molecule has 3 atom stereocenters. The molecule has 2 aliphatic heterocycles. The van der Waals surface area contributed by atoms with Gasteiger partial charge in [0.1, 0.15) is 18.0 Å². The van der Waals surface area contributed by atoms with E-state index in [0.717, 1.165) is 37.6 Å². The van der Waals surface area contributed by atoms with E-state index in [9.17, 15) is 9.18 Å². The van der Waals surface area contributed by atoms with Crippen LogP contribution in [0.15, 0.2) is 30.6 Å². The number of hydrogen-bond donors (Lipinski definition) is 0. The number of rotatable bonds is 4. The Morgan fingerprint density at radius 3 is 2.82 bits per heavy atom. The van der Waals surface area contributed by atoms with Crippen LogP contribution in [0.1, 0.15) is 24.4 Å². The predicted octanol–water partition coefficient (Wildman–Crippen LogP) is 2.22. The van der Waals surface area contributed by atoms with Crippen molar-refractivity contribution in [2.24, 2.45) is 11.8 Å². The van der Waals surface area contributed by atoms with Gasteiger partial charge in [0.05, 0.1) is 12.6 Å². The molecule has 2 aromatic rings. The van der Waals surface area contributed by atoms with E-state index in [1.165, 1.54) is 6.07 Å². The molecule has 150 valence electrons. The highest BCUT2D eigenvalue weighted by Crippen LogP contribution is 2.45. The van der Waals surface area contributed by atoms with Crippen LogP contribution in [0.4, 0.5) is 9.18 Å². The van der Waals surface area contributed by atoms with E-state index < -0.39 is 0 Å². The molecule has 0 unspecified atom stereocenters. The standard InChI is InChI=1S/C20H27FN6O/c1-4-26-13-22-23-18(26)12-25-9-15-10-27(20(28)24(2)3)19(17(15)11-25)14-6-5-7-16(21)8-14/h5-8,13,15,17,19H,4,9-12H2,1-3H3/t15-,17-,19+/m1/s1. The van der Waals surface area contributed by atoms with Gasteiger partial charge in [-0.05, 0) is 30.5 Å². The highest BCUT2D eigenvalue weighted by molar-refractivity contribution is 5.75. The van der Waals surface area contributed by atoms with E-state index in [1.807, 2.05) is 11.0 Å². The Morgan fingerprint density at radius 2 is 2.11 bits per heavy atom. The van der Waals surface area contributed by atoms with E-state index in [-0.39, 0.29) is 23.8 Å². The number of carbonyl (C=O) groups is 1. The molecule has 2 amide bonds. The fraction of sp³-hybridized carbons (Fsp3) is 0.550. The van der Waals surface area contributed by atoms with Crippen molar-refractivity contribution >= 4 is 6.03 Å². The molecule has 0 spiro atoms. The molecule has 0 bridgehead atoms. The summed E-state index contributed by atoms with van der Waals surface area (Å²) in [6, 6.07) is 6.56. The summed E-state index contributed by atoms with van der Waals surface area (Å²) in [6.45, 7) is 6.14. The largest absolute Gasteiger partial charge is 0.331 e. The first-order valence-corrected chi connectivity index (χ1v) is 9.80. The van der Waals surface area contributed by atoms with Crippen LogP contribution in [-0.4, -0.2) is 69.2 Å². The Morgan fingerprint density at radius 1 is 1.29 bits per heavy atom. The molecule has 0 saturated carbocycles. The zero-order valence-electron chi connectivity index (χ0n) is 16.6. The SMILES string of the molecule is CCn1cnnc1CN1C[C@@H]2CN(C(=O)N(C)C)[C@@H](c3cccc(F)c3)[C@@H]2C1. The van der Waals surface area contributed by atoms with Gasteiger partial charge in [-0.25, -0.2) is 9.18 Å². The van der Waals surface area contributed by atoms with Crippen LogP contribution in [0, 0.1) is 17.7 Å². The van der Waals surface area contributed by atoms with E-state index in [1.54, 1.807) is 37.5 Å². The monoisotopic (exact) mass is 386 g/mol. The van der Waals surface area contributed by atoms with E-state index in [4.69, 9.17) is 0 Å². The van der Waals surface area contributed by atoms with Gasteiger partial charge in [-0.1, -0.05) is 12.1 Å². The smallest absolute Gasteiger partial charge is 0.320 e. The molecule has 0 aliphatic carbocycles. The fourth-order valence-electron chi connectivity index (χ4n) is 4.70. The van der Waals surface area contributed by atoms with Crippen LogP contribution in [-0.2, 0) is 13.1 Å². The lowest BCUT2D eigenvalue weighted by Gasteiger charge is -2.31. The topological polar surface area (TPSA) is 57.5 Å². The van der Waals surface area contributed by atoms with Crippen LogP contribution in [0.3, 0.4) is 0 Å². The van der Waals surface area contributed by atoms with Crippen molar-refractivity contribution in [1.29, 1.82) is 0 Å². The summed E-state index contributed by atoms with van der Waals surface area (Å²) in [6.07, 6.45) is 1.76. The average molecular weight is 386 g/mol. The Bertz CT molecular complexity index is 853. The zero-order chi connectivity index (χ0) is 19.8. The number of urea groups is 1. The van der Waals surface area contributed by atoms with Crippen molar-refractivity contribution in [2.45, 2.75) is 26.1 Å². The molecule has 2 aliphatic rings. The van der Waals surface area contributed by atoms with Gasteiger partial charge in [-0.15, -0.1) is 10.2 Å². The average Bonchev–Trinajstić information content (AvgIpc) is 3.35. The molecular weight excluding hydrogens is 359 g/mol. The minimum absolute atomic E-state index is 0.0130. The number of fused-ring (bicyclic) bond motifs is 1. The van der Waals surface area contributed by atoms with E-state index in [2.05, 4.69) is 26.6 Å². The first-order valence-electron chi connectivity index (χ1n) is 9.80. The minimum atomic E-state index is -0.260. The number of benzene rings is 1. The molecule has 1 aromatic heterocycles. The number of aryl methyl sites for hydroxylation is 1. The molecule has 7 nitrogen and oxygen atoms in total. The summed E-state index contributed by atoms with van der Waals surface area (Å²) in [7, 11) is 3.53. The van der Waals surface area contributed by atoms with Gasteiger partial charge in [0, 0.05) is 46.2 Å². The van der Waals surface area contributed by atoms with Gasteiger partial charge in [0.25, 0.3) is 0 Å². The third-order valence-electron chi connectivity index (χ3n) is 5.96. The summed E-state index contributed by atoms with van der Waals surface area (Å²) in [5.74, 6) is 1.36. The number of hydrogen-bond acceptors (Lipinski definition) is 4. The van der Waals surface area contributed by atoms with Gasteiger partial charge < -0.3 is 14.4 Å². The molecule has 0 N–H and O–H groups in total. The first kappa shape index (κ1) is 18.9. The maximum atomic E-state index is 13.9. The van der Waals surface area contributed by atoms with Crippen molar-refractivity contribution in [3.05, 3.63) is 47.8 Å². The highest BCUT2D eigenvalue weighted by atomic mass is 19.1. The van der Waals surface area contributed by atoms with Gasteiger partial charge in [-0.2, -0.15) is 0 Å². The maximum Gasteiger partial charge on any atom is 0.320 e. The Labute approximate surface area is 164 Å². The molecule has 3 heterocycles. The second-order valence-corrected chi connectivity index (χ2v) is 7.98.